The SMILES string of the molecule is CC[C@@H](C)c1ccc(O)c(NC(=S)NC(=O)c2ccc3c(c2)OCCO3)c1. The van der Waals surface area contributed by atoms with E-state index in [0.29, 0.717) is 41.9 Å². The maximum absolute atomic E-state index is 12.4. The largest absolute Gasteiger partial charge is 0.506 e. The number of amides is 1. The smallest absolute Gasteiger partial charge is 0.257 e. The average Bonchev–Trinajstić information content (AvgIpc) is 2.68. The lowest BCUT2D eigenvalue weighted by Crippen LogP contribution is -2.34. The molecule has 1 aliphatic heterocycles. The van der Waals surface area contributed by atoms with Crippen LogP contribution in [0.3, 0.4) is 0 Å². The van der Waals surface area contributed by atoms with Gasteiger partial charge in [-0.15, -0.1) is 0 Å². The number of phenols is 1. The Hall–Kier alpha value is -2.80. The van der Waals surface area contributed by atoms with Crippen molar-refractivity contribution in [2.24, 2.45) is 0 Å². The van der Waals surface area contributed by atoms with Gasteiger partial charge in [-0.3, -0.25) is 10.1 Å². The van der Waals surface area contributed by atoms with E-state index in [1.54, 1.807) is 24.3 Å². The van der Waals surface area contributed by atoms with Gasteiger partial charge in [0.2, 0.25) is 0 Å². The van der Waals surface area contributed by atoms with Gasteiger partial charge in [-0.05, 0) is 60.5 Å². The monoisotopic (exact) mass is 386 g/mol. The second kappa shape index (κ2) is 8.26. The number of benzene rings is 2. The fourth-order valence-electron chi connectivity index (χ4n) is 2.71. The highest BCUT2D eigenvalue weighted by atomic mass is 32.1. The van der Waals surface area contributed by atoms with Crippen molar-refractivity contribution in [3.05, 3.63) is 47.5 Å². The second-order valence-corrected chi connectivity index (χ2v) is 6.76. The van der Waals surface area contributed by atoms with Crippen LogP contribution in [0.4, 0.5) is 5.69 Å². The highest BCUT2D eigenvalue weighted by Crippen LogP contribution is 2.31. The van der Waals surface area contributed by atoms with Crippen molar-refractivity contribution in [3.8, 4) is 17.2 Å². The summed E-state index contributed by atoms with van der Waals surface area (Å²) in [6, 6.07) is 10.3. The van der Waals surface area contributed by atoms with Crippen LogP contribution in [0.2, 0.25) is 0 Å². The number of ether oxygens (including phenoxy) is 2. The van der Waals surface area contributed by atoms with E-state index >= 15 is 0 Å². The molecule has 0 aromatic heterocycles. The Kier molecular flexibility index (Phi) is 5.81. The molecule has 3 N–H and O–H groups in total. The van der Waals surface area contributed by atoms with Crippen LogP contribution in [0.1, 0.15) is 42.1 Å². The quantitative estimate of drug-likeness (QED) is 0.548. The summed E-state index contributed by atoms with van der Waals surface area (Å²) in [6.07, 6.45) is 0.982. The van der Waals surface area contributed by atoms with E-state index in [4.69, 9.17) is 21.7 Å². The number of aromatic hydroxyl groups is 1. The Morgan fingerprint density at radius 1 is 1.19 bits per heavy atom. The number of carbonyl (C=O) groups excluding carboxylic acids is 1. The number of thiocarbonyl (C=S) groups is 1. The van der Waals surface area contributed by atoms with Crippen LogP contribution < -0.4 is 20.1 Å². The molecule has 0 saturated heterocycles. The Labute approximate surface area is 163 Å². The predicted octanol–water partition coefficient (Wildman–Crippen LogP) is 3.80. The summed E-state index contributed by atoms with van der Waals surface area (Å²) in [5.74, 6) is 1.20. The number of hydrogen-bond donors (Lipinski definition) is 3. The molecule has 27 heavy (non-hydrogen) atoms. The normalized spacial score (nSPS) is 13.6. The van der Waals surface area contributed by atoms with E-state index in [9.17, 15) is 9.90 Å². The van der Waals surface area contributed by atoms with Crippen LogP contribution in [0, 0.1) is 0 Å². The summed E-state index contributed by atoms with van der Waals surface area (Å²) < 4.78 is 10.9. The van der Waals surface area contributed by atoms with E-state index in [1.807, 2.05) is 12.1 Å². The van der Waals surface area contributed by atoms with Crippen molar-refractivity contribution in [1.82, 2.24) is 5.32 Å². The number of hydrogen-bond acceptors (Lipinski definition) is 5. The minimum atomic E-state index is -0.373. The number of phenolic OH excluding ortho intramolecular Hbond substituents is 1. The molecule has 2 aromatic rings. The van der Waals surface area contributed by atoms with Gasteiger partial charge in [0, 0.05) is 5.56 Å². The molecule has 1 atom stereocenters. The van der Waals surface area contributed by atoms with Gasteiger partial charge in [-0.2, -0.15) is 0 Å². The molecular weight excluding hydrogens is 364 g/mol. The van der Waals surface area contributed by atoms with Gasteiger partial charge in [0.15, 0.2) is 16.6 Å². The minimum absolute atomic E-state index is 0.0676. The van der Waals surface area contributed by atoms with Crippen molar-refractivity contribution in [2.75, 3.05) is 18.5 Å². The molecule has 0 radical (unpaired) electrons. The first kappa shape index (κ1) is 19.0. The first-order valence-electron chi connectivity index (χ1n) is 8.82. The molecule has 142 valence electrons. The summed E-state index contributed by atoms with van der Waals surface area (Å²) in [5.41, 5.74) is 1.94. The van der Waals surface area contributed by atoms with Gasteiger partial charge >= 0.3 is 0 Å². The molecule has 1 amide bonds. The van der Waals surface area contributed by atoms with Crippen molar-refractivity contribution in [2.45, 2.75) is 26.2 Å². The van der Waals surface area contributed by atoms with E-state index in [-0.39, 0.29) is 16.8 Å². The van der Waals surface area contributed by atoms with E-state index in [2.05, 4.69) is 24.5 Å². The van der Waals surface area contributed by atoms with Crippen LogP contribution in [-0.4, -0.2) is 29.3 Å². The number of carbonyl (C=O) groups is 1. The van der Waals surface area contributed by atoms with Crippen molar-refractivity contribution in [1.29, 1.82) is 0 Å². The van der Waals surface area contributed by atoms with Crippen LogP contribution >= 0.6 is 12.2 Å². The molecular formula is C20H22N2O4S. The first-order chi connectivity index (χ1) is 13.0. The van der Waals surface area contributed by atoms with Gasteiger partial charge in [-0.25, -0.2) is 0 Å². The van der Waals surface area contributed by atoms with Crippen LogP contribution in [0.15, 0.2) is 36.4 Å². The van der Waals surface area contributed by atoms with E-state index in [0.717, 1.165) is 12.0 Å². The number of fused-ring (bicyclic) bond motifs is 1. The minimum Gasteiger partial charge on any atom is -0.506 e. The van der Waals surface area contributed by atoms with Gasteiger partial charge < -0.3 is 19.9 Å². The van der Waals surface area contributed by atoms with Crippen molar-refractivity contribution >= 4 is 28.9 Å². The molecule has 2 aromatic carbocycles. The van der Waals surface area contributed by atoms with Gasteiger partial charge in [0.25, 0.3) is 5.91 Å². The standard InChI is InChI=1S/C20H22N2O4S/c1-3-12(2)13-4-6-16(23)15(10-13)21-20(27)22-19(24)14-5-7-17-18(11-14)26-9-8-25-17/h4-7,10-12,23H,3,8-9H2,1-2H3,(H2,21,22,24,27)/t12-/m1/s1. The lowest BCUT2D eigenvalue weighted by Gasteiger charge is -2.19. The topological polar surface area (TPSA) is 79.8 Å². The predicted molar refractivity (Wildman–Crippen MR) is 108 cm³/mol. The summed E-state index contributed by atoms with van der Waals surface area (Å²) in [5, 5.41) is 15.7. The number of rotatable bonds is 4. The summed E-state index contributed by atoms with van der Waals surface area (Å²) in [6.45, 7) is 5.15. The third-order valence-electron chi connectivity index (χ3n) is 4.48. The molecule has 0 aliphatic carbocycles. The molecule has 0 unspecified atom stereocenters. The Morgan fingerprint density at radius 3 is 2.67 bits per heavy atom. The maximum Gasteiger partial charge on any atom is 0.257 e. The zero-order valence-corrected chi connectivity index (χ0v) is 16.1. The van der Waals surface area contributed by atoms with Gasteiger partial charge in [0.1, 0.15) is 19.0 Å². The molecule has 1 aliphatic rings. The number of nitrogens with one attached hydrogen (secondary N) is 2. The third kappa shape index (κ3) is 4.49. The van der Waals surface area contributed by atoms with Crippen LogP contribution in [0.25, 0.3) is 0 Å². The van der Waals surface area contributed by atoms with Crippen LogP contribution in [0.5, 0.6) is 17.2 Å². The highest BCUT2D eigenvalue weighted by molar-refractivity contribution is 7.80. The maximum atomic E-state index is 12.4. The molecule has 0 bridgehead atoms. The van der Waals surface area contributed by atoms with Crippen molar-refractivity contribution in [3.63, 3.8) is 0 Å². The molecule has 3 rings (SSSR count). The van der Waals surface area contributed by atoms with E-state index in [1.165, 1.54) is 0 Å². The zero-order valence-electron chi connectivity index (χ0n) is 15.2. The Bertz CT molecular complexity index is 869. The molecule has 1 heterocycles. The molecule has 0 fully saturated rings. The summed E-state index contributed by atoms with van der Waals surface area (Å²) >= 11 is 5.22. The second-order valence-electron chi connectivity index (χ2n) is 6.35. The Morgan fingerprint density at radius 2 is 1.93 bits per heavy atom. The first-order valence-corrected chi connectivity index (χ1v) is 9.23. The number of anilines is 1. The zero-order chi connectivity index (χ0) is 19.4. The Balaban J connectivity index is 1.68. The summed E-state index contributed by atoms with van der Waals surface area (Å²) in [4.78, 5) is 12.4. The molecule has 0 spiro atoms. The fraction of sp³-hybridized carbons (Fsp3) is 0.300. The van der Waals surface area contributed by atoms with E-state index < -0.39 is 0 Å². The van der Waals surface area contributed by atoms with Crippen LogP contribution in [-0.2, 0) is 0 Å². The van der Waals surface area contributed by atoms with Gasteiger partial charge in [-0.1, -0.05) is 19.9 Å². The lowest BCUT2D eigenvalue weighted by molar-refractivity contribution is 0.0976. The summed E-state index contributed by atoms with van der Waals surface area (Å²) in [7, 11) is 0. The third-order valence-corrected chi connectivity index (χ3v) is 4.69. The highest BCUT2D eigenvalue weighted by Gasteiger charge is 2.16. The molecule has 7 heteroatoms. The van der Waals surface area contributed by atoms with Gasteiger partial charge in [0.05, 0.1) is 5.69 Å². The molecule has 6 nitrogen and oxygen atoms in total. The average molecular weight is 386 g/mol. The van der Waals surface area contributed by atoms with Crippen molar-refractivity contribution < 1.29 is 19.4 Å². The molecule has 0 saturated carbocycles. The fourth-order valence-corrected chi connectivity index (χ4v) is 2.91. The lowest BCUT2D eigenvalue weighted by atomic mass is 9.98.